The summed E-state index contributed by atoms with van der Waals surface area (Å²) in [5.74, 6) is 1.57. The molecule has 156 valence electrons. The van der Waals surface area contributed by atoms with Crippen LogP contribution < -0.4 is 10.2 Å². The molecule has 0 amide bonds. The molecule has 1 aliphatic heterocycles. The first-order chi connectivity index (χ1) is 14.2. The number of nitrogens with one attached hydrogen (secondary N) is 1. The van der Waals surface area contributed by atoms with Crippen molar-refractivity contribution < 1.29 is 4.74 Å². The summed E-state index contributed by atoms with van der Waals surface area (Å²) < 4.78 is 5.96. The van der Waals surface area contributed by atoms with Crippen molar-refractivity contribution in [2.24, 2.45) is 10.9 Å². The van der Waals surface area contributed by atoms with Crippen LogP contribution in [0.5, 0.6) is 0 Å². The Balaban J connectivity index is 1.50. The summed E-state index contributed by atoms with van der Waals surface area (Å²) in [6.07, 6.45) is 1.15. The Morgan fingerprint density at radius 1 is 1.10 bits per heavy atom. The molecule has 1 aliphatic rings. The van der Waals surface area contributed by atoms with Crippen LogP contribution >= 0.6 is 0 Å². The fraction of sp³-hybridized carbons (Fsp3) is 0.458. The van der Waals surface area contributed by atoms with Crippen molar-refractivity contribution in [3.8, 4) is 0 Å². The topological polar surface area (TPSA) is 40.1 Å². The second-order valence-corrected chi connectivity index (χ2v) is 7.83. The highest BCUT2D eigenvalue weighted by atomic mass is 16.5. The number of ether oxygens (including phenoxy) is 1. The maximum atomic E-state index is 5.96. The molecular formula is C24H34N4O. The number of anilines is 1. The first-order valence-corrected chi connectivity index (χ1v) is 10.6. The minimum atomic E-state index is 0.557. The van der Waals surface area contributed by atoms with Gasteiger partial charge in [-0.25, -0.2) is 4.99 Å². The molecule has 0 spiro atoms. The molecule has 0 aliphatic carbocycles. The second kappa shape index (κ2) is 10.9. The molecule has 0 radical (unpaired) electrons. The van der Waals surface area contributed by atoms with Gasteiger partial charge in [0.25, 0.3) is 0 Å². The van der Waals surface area contributed by atoms with Gasteiger partial charge in [0, 0.05) is 45.3 Å². The zero-order valence-electron chi connectivity index (χ0n) is 18.0. The van der Waals surface area contributed by atoms with Crippen LogP contribution in [0, 0.1) is 5.92 Å². The van der Waals surface area contributed by atoms with E-state index in [1.807, 2.05) is 6.07 Å². The van der Waals surface area contributed by atoms with Gasteiger partial charge < -0.3 is 19.9 Å². The molecule has 1 unspecified atom stereocenters. The van der Waals surface area contributed by atoms with E-state index in [-0.39, 0.29) is 0 Å². The minimum Gasteiger partial charge on any atom is -0.378 e. The highest BCUT2D eigenvalue weighted by molar-refractivity contribution is 5.80. The molecule has 5 heteroatoms. The number of likely N-dealkylation sites (tertiary alicyclic amines) is 1. The van der Waals surface area contributed by atoms with E-state index in [4.69, 9.17) is 9.73 Å². The number of benzene rings is 2. The number of guanidine groups is 1. The molecule has 1 saturated heterocycles. The zero-order chi connectivity index (χ0) is 20.5. The summed E-state index contributed by atoms with van der Waals surface area (Å²) in [6, 6.07) is 19.0. The second-order valence-electron chi connectivity index (χ2n) is 7.83. The van der Waals surface area contributed by atoms with Crippen molar-refractivity contribution in [2.75, 3.05) is 45.2 Å². The number of hydrogen-bond acceptors (Lipinski definition) is 3. The van der Waals surface area contributed by atoms with Crippen molar-refractivity contribution in [3.05, 3.63) is 65.7 Å². The van der Waals surface area contributed by atoms with Crippen molar-refractivity contribution in [3.63, 3.8) is 0 Å². The lowest BCUT2D eigenvalue weighted by Crippen LogP contribution is -2.40. The van der Waals surface area contributed by atoms with Crippen molar-refractivity contribution in [1.82, 2.24) is 10.2 Å². The summed E-state index contributed by atoms with van der Waals surface area (Å²) in [7, 11) is 4.12. The lowest BCUT2D eigenvalue weighted by atomic mass is 10.1. The van der Waals surface area contributed by atoms with Crippen molar-refractivity contribution >= 4 is 11.6 Å². The molecule has 1 atom stereocenters. The van der Waals surface area contributed by atoms with E-state index in [9.17, 15) is 0 Å². The Morgan fingerprint density at radius 2 is 1.86 bits per heavy atom. The van der Waals surface area contributed by atoms with E-state index in [0.717, 1.165) is 38.6 Å². The largest absolute Gasteiger partial charge is 0.378 e. The number of aliphatic imine (C=N–C) groups is 1. The number of hydrogen-bond donors (Lipinski definition) is 1. The van der Waals surface area contributed by atoms with Gasteiger partial charge in [0.2, 0.25) is 0 Å². The van der Waals surface area contributed by atoms with Gasteiger partial charge in [-0.15, -0.1) is 0 Å². The van der Waals surface area contributed by atoms with Gasteiger partial charge in [-0.1, -0.05) is 42.5 Å². The van der Waals surface area contributed by atoms with E-state index >= 15 is 0 Å². The summed E-state index contributed by atoms with van der Waals surface area (Å²) in [6.45, 7) is 7.22. The molecule has 1 N–H and O–H groups in total. The molecule has 0 saturated carbocycles. The van der Waals surface area contributed by atoms with Crippen LogP contribution in [-0.4, -0.2) is 51.2 Å². The maximum absolute atomic E-state index is 5.96. The summed E-state index contributed by atoms with van der Waals surface area (Å²) in [5, 5.41) is 3.45. The average Bonchev–Trinajstić information content (AvgIpc) is 3.21. The molecule has 1 heterocycles. The SMILES string of the molecule is CCNC(=NCc1ccc(N(C)C)cc1)N1CCC(COCc2ccccc2)C1. The van der Waals surface area contributed by atoms with Crippen LogP contribution in [0.3, 0.4) is 0 Å². The molecule has 0 bridgehead atoms. The van der Waals surface area contributed by atoms with Crippen LogP contribution in [0.4, 0.5) is 5.69 Å². The molecular weight excluding hydrogens is 360 g/mol. The lowest BCUT2D eigenvalue weighted by molar-refractivity contribution is 0.0906. The first-order valence-electron chi connectivity index (χ1n) is 10.6. The standard InChI is InChI=1S/C24H34N4O/c1-4-25-24(26-16-20-10-12-23(13-11-20)27(2)3)28-15-14-22(17-28)19-29-18-21-8-6-5-7-9-21/h5-13,22H,4,14-19H2,1-3H3,(H,25,26). The van der Waals surface area contributed by atoms with Crippen LogP contribution in [-0.2, 0) is 17.9 Å². The Labute approximate surface area is 175 Å². The van der Waals surface area contributed by atoms with Gasteiger partial charge in [-0.05, 0) is 36.6 Å². The molecule has 0 aromatic heterocycles. The first kappa shape index (κ1) is 21.2. The fourth-order valence-electron chi connectivity index (χ4n) is 3.57. The van der Waals surface area contributed by atoms with Crippen LogP contribution in [0.2, 0.25) is 0 Å². The summed E-state index contributed by atoms with van der Waals surface area (Å²) in [5.41, 5.74) is 3.67. The predicted molar refractivity (Wildman–Crippen MR) is 121 cm³/mol. The molecule has 2 aromatic rings. The van der Waals surface area contributed by atoms with Gasteiger partial charge in [0.05, 0.1) is 19.8 Å². The third kappa shape index (κ3) is 6.50. The van der Waals surface area contributed by atoms with Gasteiger partial charge in [-0.2, -0.15) is 0 Å². The summed E-state index contributed by atoms with van der Waals surface area (Å²) >= 11 is 0. The molecule has 5 nitrogen and oxygen atoms in total. The normalized spacial score (nSPS) is 16.9. The van der Waals surface area contributed by atoms with E-state index < -0.39 is 0 Å². The molecule has 29 heavy (non-hydrogen) atoms. The van der Waals surface area contributed by atoms with Gasteiger partial charge in [0.15, 0.2) is 5.96 Å². The average molecular weight is 395 g/mol. The van der Waals surface area contributed by atoms with Crippen molar-refractivity contribution in [1.29, 1.82) is 0 Å². The maximum Gasteiger partial charge on any atom is 0.194 e. The number of nitrogens with zero attached hydrogens (tertiary/aromatic N) is 3. The van der Waals surface area contributed by atoms with Crippen LogP contribution in [0.1, 0.15) is 24.5 Å². The molecule has 1 fully saturated rings. The fourth-order valence-corrected chi connectivity index (χ4v) is 3.57. The number of rotatable bonds is 8. The van der Waals surface area contributed by atoms with E-state index in [1.54, 1.807) is 0 Å². The van der Waals surface area contributed by atoms with E-state index in [2.05, 4.69) is 84.7 Å². The highest BCUT2D eigenvalue weighted by Crippen LogP contribution is 2.18. The Hall–Kier alpha value is -2.53. The van der Waals surface area contributed by atoms with E-state index in [0.29, 0.717) is 19.1 Å². The minimum absolute atomic E-state index is 0.557. The zero-order valence-corrected chi connectivity index (χ0v) is 18.0. The Kier molecular flexibility index (Phi) is 7.94. The van der Waals surface area contributed by atoms with Crippen LogP contribution in [0.15, 0.2) is 59.6 Å². The highest BCUT2D eigenvalue weighted by Gasteiger charge is 2.25. The Morgan fingerprint density at radius 3 is 2.55 bits per heavy atom. The third-order valence-corrected chi connectivity index (χ3v) is 5.25. The van der Waals surface area contributed by atoms with Gasteiger partial charge in [-0.3, -0.25) is 0 Å². The van der Waals surface area contributed by atoms with Crippen molar-refractivity contribution in [2.45, 2.75) is 26.5 Å². The van der Waals surface area contributed by atoms with Gasteiger partial charge >= 0.3 is 0 Å². The predicted octanol–water partition coefficient (Wildman–Crippen LogP) is 3.76. The van der Waals surface area contributed by atoms with Crippen LogP contribution in [0.25, 0.3) is 0 Å². The molecule has 2 aromatic carbocycles. The van der Waals surface area contributed by atoms with E-state index in [1.165, 1.54) is 16.8 Å². The third-order valence-electron chi connectivity index (χ3n) is 5.25. The Bertz CT molecular complexity index is 758. The summed E-state index contributed by atoms with van der Waals surface area (Å²) in [4.78, 5) is 9.36. The lowest BCUT2D eigenvalue weighted by Gasteiger charge is -2.22. The molecule has 3 rings (SSSR count). The monoisotopic (exact) mass is 394 g/mol. The smallest absolute Gasteiger partial charge is 0.194 e. The quantitative estimate of drug-likeness (QED) is 0.547. The van der Waals surface area contributed by atoms with Gasteiger partial charge in [0.1, 0.15) is 0 Å².